The first-order valence-electron chi connectivity index (χ1n) is 18.3. The SMILES string of the molecule is CC.CCC(O)c1ccc(F)cc1.CO.C\C=C(/C=C\C(C)=C\O)C1=CC=C(SCC2CC(O)CC(CO)O2)CC=C1.Fc1ccc(N2CCC2)cc1. The van der Waals surface area contributed by atoms with E-state index in [-0.39, 0.29) is 30.4 Å². The van der Waals surface area contributed by atoms with Gasteiger partial charge in [-0.2, -0.15) is 0 Å². The molecule has 4 unspecified atom stereocenters. The zero-order valence-electron chi connectivity index (χ0n) is 32.2. The van der Waals surface area contributed by atoms with E-state index >= 15 is 0 Å². The number of hydrogen-bond donors (Lipinski definition) is 5. The van der Waals surface area contributed by atoms with Crippen LogP contribution < -0.4 is 4.90 Å². The number of aliphatic hydroxyl groups is 5. The summed E-state index contributed by atoms with van der Waals surface area (Å²) in [6, 6.07) is 12.6. The van der Waals surface area contributed by atoms with Crippen molar-refractivity contribution in [1.82, 2.24) is 0 Å². The number of rotatable bonds is 10. The number of hydrogen-bond acceptors (Lipinski definition) is 8. The first kappa shape index (κ1) is 47.5. The van der Waals surface area contributed by atoms with Gasteiger partial charge in [0, 0.05) is 44.5 Å². The molecule has 5 N–H and O–H groups in total. The lowest BCUT2D eigenvalue weighted by Gasteiger charge is -2.33. The van der Waals surface area contributed by atoms with Crippen molar-refractivity contribution in [3.05, 3.63) is 136 Å². The number of thioether (sulfide) groups is 1. The fraction of sp³-hybridized carbons (Fsp3) is 0.442. The molecule has 2 heterocycles. The van der Waals surface area contributed by atoms with E-state index in [1.807, 2.05) is 58.9 Å². The third kappa shape index (κ3) is 18.4. The Hall–Kier alpha value is -3.51. The lowest BCUT2D eigenvalue weighted by Crippen LogP contribution is -2.38. The Labute approximate surface area is 320 Å². The highest BCUT2D eigenvalue weighted by atomic mass is 32.2. The molecule has 5 rings (SSSR count). The van der Waals surface area contributed by atoms with Gasteiger partial charge in [0.1, 0.15) is 11.6 Å². The van der Waals surface area contributed by atoms with Crippen molar-refractivity contribution in [2.45, 2.75) is 91.1 Å². The van der Waals surface area contributed by atoms with Crippen molar-refractivity contribution in [2.24, 2.45) is 0 Å². The number of allylic oxidation sites excluding steroid dienone is 11. The Bertz CT molecular complexity index is 1420. The molecule has 2 aromatic rings. The molecule has 0 saturated carbocycles. The number of halogens is 2. The smallest absolute Gasteiger partial charge is 0.123 e. The minimum atomic E-state index is -0.462. The zero-order valence-corrected chi connectivity index (χ0v) is 33.0. The average molecular weight is 758 g/mol. The van der Waals surface area contributed by atoms with Gasteiger partial charge < -0.3 is 35.2 Å². The van der Waals surface area contributed by atoms with Gasteiger partial charge in [-0.15, -0.1) is 11.8 Å². The van der Waals surface area contributed by atoms with E-state index in [0.717, 1.165) is 66.6 Å². The molecule has 0 amide bonds. The highest BCUT2D eigenvalue weighted by Gasteiger charge is 2.28. The van der Waals surface area contributed by atoms with Crippen LogP contribution in [0.4, 0.5) is 14.5 Å². The maximum atomic E-state index is 12.5. The van der Waals surface area contributed by atoms with E-state index in [9.17, 15) is 24.1 Å². The number of anilines is 1. The molecule has 2 aliphatic heterocycles. The molecule has 0 bridgehead atoms. The molecule has 1 aliphatic carbocycles. The fourth-order valence-electron chi connectivity index (χ4n) is 5.19. The maximum absolute atomic E-state index is 12.5. The minimum absolute atomic E-state index is 0.0326. The zero-order chi connectivity index (χ0) is 39.6. The number of benzene rings is 2. The normalized spacial score (nSPS) is 20.3. The highest BCUT2D eigenvalue weighted by molar-refractivity contribution is 8.03. The summed E-state index contributed by atoms with van der Waals surface area (Å²) in [5.74, 6) is 0.346. The van der Waals surface area contributed by atoms with Crippen LogP contribution >= 0.6 is 11.8 Å². The van der Waals surface area contributed by atoms with Crippen LogP contribution in [0, 0.1) is 11.6 Å². The molecule has 10 heteroatoms. The van der Waals surface area contributed by atoms with Crippen LogP contribution in [0.3, 0.4) is 0 Å². The molecular formula is C43H61F2NO6S. The van der Waals surface area contributed by atoms with Crippen LogP contribution in [-0.2, 0) is 4.74 Å². The summed E-state index contributed by atoms with van der Waals surface area (Å²) in [4.78, 5) is 3.48. The van der Waals surface area contributed by atoms with Crippen molar-refractivity contribution in [3.8, 4) is 0 Å². The number of aliphatic hydroxyl groups excluding tert-OH is 5. The van der Waals surface area contributed by atoms with Crippen LogP contribution in [-0.4, -0.2) is 76.4 Å². The van der Waals surface area contributed by atoms with Crippen molar-refractivity contribution in [1.29, 1.82) is 0 Å². The van der Waals surface area contributed by atoms with Crippen LogP contribution in [0.1, 0.15) is 78.4 Å². The second-order valence-electron chi connectivity index (χ2n) is 12.1. The molecule has 0 spiro atoms. The molecule has 294 valence electrons. The van der Waals surface area contributed by atoms with Gasteiger partial charge in [-0.1, -0.05) is 75.4 Å². The Kier molecular flexibility index (Phi) is 25.1. The summed E-state index contributed by atoms with van der Waals surface area (Å²) in [5.41, 5.74) is 4.93. The van der Waals surface area contributed by atoms with Crippen LogP contribution in [0.2, 0.25) is 0 Å². The molecule has 2 aromatic carbocycles. The predicted octanol–water partition coefficient (Wildman–Crippen LogP) is 9.29. The topological polar surface area (TPSA) is 114 Å². The lowest BCUT2D eigenvalue weighted by atomic mass is 10.0. The Morgan fingerprint density at radius 2 is 1.57 bits per heavy atom. The molecule has 0 aromatic heterocycles. The molecular weight excluding hydrogens is 697 g/mol. The predicted molar refractivity (Wildman–Crippen MR) is 217 cm³/mol. The molecule has 3 aliphatic rings. The fourth-order valence-corrected chi connectivity index (χ4v) is 6.18. The summed E-state index contributed by atoms with van der Waals surface area (Å²) >= 11 is 1.74. The van der Waals surface area contributed by atoms with Crippen LogP contribution in [0.25, 0.3) is 0 Å². The standard InChI is InChI=1S/C22H30O4S.C9H10FN.C9H11FO.C2H6.CH4O/c1-3-17(8-7-16(2)13-23)18-5-4-6-22(10-9-18)27-15-21-12-19(25)11-20(14-24)26-21;10-8-2-4-9(5-3-8)11-6-1-7-11;1-2-9(11)7-3-5-8(10)6-4-7;2*1-2/h3-5,7-10,13,19-21,23-25H,6,11-12,14-15H2,1-2H3;2-5H,1,6-7H2;3-6,9,11H,2H2,1H3;1-2H3;2H,1H3/b8-7-,16-13+,17-3+;;;;. The van der Waals surface area contributed by atoms with Gasteiger partial charge in [-0.3, -0.25) is 0 Å². The Balaban J connectivity index is 0.000000441. The summed E-state index contributed by atoms with van der Waals surface area (Å²) in [7, 11) is 1.00. The van der Waals surface area contributed by atoms with Crippen LogP contribution in [0.5, 0.6) is 0 Å². The van der Waals surface area contributed by atoms with Gasteiger partial charge in [0.2, 0.25) is 0 Å². The van der Waals surface area contributed by atoms with E-state index in [1.165, 1.54) is 35.6 Å². The average Bonchev–Trinajstić information content (AvgIpc) is 3.42. The summed E-state index contributed by atoms with van der Waals surface area (Å²) in [5, 5.41) is 44.5. The first-order valence-corrected chi connectivity index (χ1v) is 19.3. The van der Waals surface area contributed by atoms with E-state index in [0.29, 0.717) is 19.3 Å². The monoisotopic (exact) mass is 757 g/mol. The lowest BCUT2D eigenvalue weighted by molar-refractivity contribution is -0.102. The van der Waals surface area contributed by atoms with Gasteiger partial charge >= 0.3 is 0 Å². The molecule has 2 saturated heterocycles. The first-order chi connectivity index (χ1) is 25.6. The quantitative estimate of drug-likeness (QED) is 0.120. The second kappa shape index (κ2) is 28.0. The van der Waals surface area contributed by atoms with Crippen molar-refractivity contribution in [2.75, 3.05) is 37.5 Å². The summed E-state index contributed by atoms with van der Waals surface area (Å²) < 4.78 is 30.7. The number of nitrogens with zero attached hydrogens (tertiary/aromatic N) is 1. The van der Waals surface area contributed by atoms with E-state index < -0.39 is 12.2 Å². The van der Waals surface area contributed by atoms with Crippen LogP contribution in [0.15, 0.2) is 119 Å². The molecule has 7 nitrogen and oxygen atoms in total. The largest absolute Gasteiger partial charge is 0.515 e. The van der Waals surface area contributed by atoms with Gasteiger partial charge in [0.05, 0.1) is 37.3 Å². The minimum Gasteiger partial charge on any atom is -0.515 e. The van der Waals surface area contributed by atoms with Gasteiger partial charge in [0.15, 0.2) is 0 Å². The summed E-state index contributed by atoms with van der Waals surface area (Å²) in [6.45, 7) is 11.9. The molecule has 2 fully saturated rings. The molecule has 0 radical (unpaired) electrons. The van der Waals surface area contributed by atoms with Gasteiger partial charge in [-0.25, -0.2) is 8.78 Å². The van der Waals surface area contributed by atoms with Crippen molar-refractivity contribution < 1.29 is 39.1 Å². The maximum Gasteiger partial charge on any atom is 0.123 e. The third-order valence-electron chi connectivity index (χ3n) is 8.24. The number of ether oxygens (including phenoxy) is 1. The van der Waals surface area contributed by atoms with Gasteiger partial charge in [0.25, 0.3) is 0 Å². The van der Waals surface area contributed by atoms with E-state index in [1.54, 1.807) is 23.9 Å². The third-order valence-corrected chi connectivity index (χ3v) is 9.45. The second-order valence-corrected chi connectivity index (χ2v) is 13.2. The summed E-state index contributed by atoms with van der Waals surface area (Å²) in [6.07, 6.45) is 18.3. The highest BCUT2D eigenvalue weighted by Crippen LogP contribution is 2.30. The Morgan fingerprint density at radius 1 is 0.962 bits per heavy atom. The van der Waals surface area contributed by atoms with Crippen molar-refractivity contribution >= 4 is 17.4 Å². The molecule has 53 heavy (non-hydrogen) atoms. The Morgan fingerprint density at radius 3 is 2.09 bits per heavy atom. The van der Waals surface area contributed by atoms with E-state index in [4.69, 9.17) is 14.9 Å². The molecule has 4 atom stereocenters. The van der Waals surface area contributed by atoms with Crippen molar-refractivity contribution in [3.63, 3.8) is 0 Å². The van der Waals surface area contributed by atoms with E-state index in [2.05, 4.69) is 35.3 Å². The van der Waals surface area contributed by atoms with Gasteiger partial charge in [-0.05, 0) is 96.7 Å².